The number of fused-ring (bicyclic) bond motifs is 1. The zero-order valence-electron chi connectivity index (χ0n) is 11.1. The average Bonchev–Trinajstić information content (AvgIpc) is 2.87. The molecule has 0 saturated heterocycles. The van der Waals surface area contributed by atoms with Crippen LogP contribution in [0.15, 0.2) is 36.7 Å². The molecular formula is C15H10Cl2N4. The smallest absolute Gasteiger partial charge is 0.132 e. The number of benzene rings is 1. The van der Waals surface area contributed by atoms with Crippen molar-refractivity contribution in [1.82, 2.24) is 14.5 Å². The molecule has 0 aliphatic carbocycles. The van der Waals surface area contributed by atoms with Crippen LogP contribution in [0.4, 0.5) is 0 Å². The van der Waals surface area contributed by atoms with E-state index in [2.05, 4.69) is 16.0 Å². The monoisotopic (exact) mass is 316 g/mol. The fraction of sp³-hybridized carbons (Fsp3) is 0.133. The molecule has 0 spiro atoms. The number of nitrogens with zero attached hydrogens (tertiary/aromatic N) is 4. The van der Waals surface area contributed by atoms with E-state index < -0.39 is 0 Å². The van der Waals surface area contributed by atoms with Crippen molar-refractivity contribution >= 4 is 34.2 Å². The van der Waals surface area contributed by atoms with Crippen LogP contribution in [0.2, 0.25) is 5.02 Å². The Labute approximate surface area is 131 Å². The molecule has 2 heterocycles. The summed E-state index contributed by atoms with van der Waals surface area (Å²) >= 11 is 12.5. The summed E-state index contributed by atoms with van der Waals surface area (Å²) in [5.74, 6) is 0.664. The van der Waals surface area contributed by atoms with E-state index in [1.165, 1.54) is 0 Å². The Morgan fingerprint density at radius 1 is 1.33 bits per heavy atom. The number of imidazole rings is 1. The zero-order chi connectivity index (χ0) is 15.0. The van der Waals surface area contributed by atoms with Crippen LogP contribution in [0.5, 0.6) is 0 Å². The first-order valence-electron chi connectivity index (χ1n) is 6.28. The van der Waals surface area contributed by atoms with Crippen molar-refractivity contribution in [3.05, 3.63) is 53.1 Å². The molecule has 3 rings (SSSR count). The highest BCUT2D eigenvalue weighted by molar-refractivity contribution is 6.32. The minimum Gasteiger partial charge on any atom is -0.293 e. The summed E-state index contributed by atoms with van der Waals surface area (Å²) in [7, 11) is 0. The standard InChI is InChI=1S/C15H10Cl2N4/c1-9(16)15-20-12-8-19-5-4-13(12)21(15)14-6-10(7-18)2-3-11(14)17/h2-6,8-9H,1H3. The molecule has 0 radical (unpaired) electrons. The topological polar surface area (TPSA) is 54.5 Å². The minimum atomic E-state index is -0.306. The minimum absolute atomic E-state index is 0.306. The molecule has 0 amide bonds. The maximum absolute atomic E-state index is 9.09. The number of halogens is 2. The second-order valence-electron chi connectivity index (χ2n) is 4.56. The molecule has 1 atom stereocenters. The summed E-state index contributed by atoms with van der Waals surface area (Å²) in [6.45, 7) is 1.84. The Balaban J connectivity index is 2.39. The van der Waals surface area contributed by atoms with Crippen LogP contribution in [-0.2, 0) is 0 Å². The lowest BCUT2D eigenvalue weighted by Gasteiger charge is -2.12. The number of pyridine rings is 1. The van der Waals surface area contributed by atoms with Gasteiger partial charge in [0.05, 0.1) is 39.4 Å². The zero-order valence-corrected chi connectivity index (χ0v) is 12.6. The SMILES string of the molecule is CC(Cl)c1nc2cnccc2n1-c1cc(C#N)ccc1Cl. The fourth-order valence-corrected chi connectivity index (χ4v) is 2.57. The van der Waals surface area contributed by atoms with Gasteiger partial charge in [-0.1, -0.05) is 11.6 Å². The van der Waals surface area contributed by atoms with Crippen LogP contribution in [-0.4, -0.2) is 14.5 Å². The molecule has 0 N–H and O–H groups in total. The predicted molar refractivity (Wildman–Crippen MR) is 82.9 cm³/mol. The van der Waals surface area contributed by atoms with E-state index in [9.17, 15) is 0 Å². The Morgan fingerprint density at radius 2 is 2.14 bits per heavy atom. The average molecular weight is 317 g/mol. The summed E-state index contributed by atoms with van der Waals surface area (Å²) in [6, 6.07) is 9.07. The highest BCUT2D eigenvalue weighted by atomic mass is 35.5. The Kier molecular flexibility index (Phi) is 3.54. The van der Waals surface area contributed by atoms with Crippen molar-refractivity contribution in [2.45, 2.75) is 12.3 Å². The van der Waals surface area contributed by atoms with Gasteiger partial charge in [0.15, 0.2) is 0 Å². The molecule has 0 saturated carbocycles. The quantitative estimate of drug-likeness (QED) is 0.664. The van der Waals surface area contributed by atoms with Gasteiger partial charge < -0.3 is 0 Å². The second-order valence-corrected chi connectivity index (χ2v) is 5.63. The van der Waals surface area contributed by atoms with Crippen LogP contribution in [0.3, 0.4) is 0 Å². The molecule has 2 aromatic heterocycles. The normalized spacial score (nSPS) is 12.3. The van der Waals surface area contributed by atoms with Crippen molar-refractivity contribution in [1.29, 1.82) is 5.26 Å². The van der Waals surface area contributed by atoms with Crippen molar-refractivity contribution in [2.24, 2.45) is 0 Å². The molecule has 1 aromatic carbocycles. The summed E-state index contributed by atoms with van der Waals surface area (Å²) in [5, 5.41) is 9.31. The first kappa shape index (κ1) is 13.9. The lowest BCUT2D eigenvalue weighted by atomic mass is 10.2. The second kappa shape index (κ2) is 5.36. The van der Waals surface area contributed by atoms with Crippen LogP contribution in [0.25, 0.3) is 16.7 Å². The van der Waals surface area contributed by atoms with Gasteiger partial charge in [0, 0.05) is 6.20 Å². The number of hydrogen-bond acceptors (Lipinski definition) is 3. The predicted octanol–water partition coefficient (Wildman–Crippen LogP) is 4.25. The number of rotatable bonds is 2. The van der Waals surface area contributed by atoms with E-state index >= 15 is 0 Å². The molecule has 3 aromatic rings. The van der Waals surface area contributed by atoms with E-state index in [0.29, 0.717) is 22.1 Å². The molecule has 1 unspecified atom stereocenters. The van der Waals surface area contributed by atoms with Crippen molar-refractivity contribution in [2.75, 3.05) is 0 Å². The maximum atomic E-state index is 9.09. The molecule has 4 nitrogen and oxygen atoms in total. The number of aromatic nitrogens is 3. The third-order valence-corrected chi connectivity index (χ3v) is 3.67. The van der Waals surface area contributed by atoms with Gasteiger partial charge in [-0.25, -0.2) is 4.98 Å². The summed E-state index contributed by atoms with van der Waals surface area (Å²) in [4.78, 5) is 8.58. The van der Waals surface area contributed by atoms with E-state index in [-0.39, 0.29) is 5.38 Å². The van der Waals surface area contributed by atoms with E-state index in [1.54, 1.807) is 30.6 Å². The van der Waals surface area contributed by atoms with Gasteiger partial charge in [0.2, 0.25) is 0 Å². The first-order valence-corrected chi connectivity index (χ1v) is 7.09. The summed E-state index contributed by atoms with van der Waals surface area (Å²) in [5.41, 5.74) is 2.80. The Morgan fingerprint density at radius 3 is 2.86 bits per heavy atom. The largest absolute Gasteiger partial charge is 0.293 e. The van der Waals surface area contributed by atoms with Gasteiger partial charge >= 0.3 is 0 Å². The third-order valence-electron chi connectivity index (χ3n) is 3.15. The summed E-state index contributed by atoms with van der Waals surface area (Å²) < 4.78 is 1.87. The number of alkyl halides is 1. The van der Waals surface area contributed by atoms with Gasteiger partial charge in [0.25, 0.3) is 0 Å². The van der Waals surface area contributed by atoms with E-state index in [4.69, 9.17) is 28.5 Å². The molecule has 21 heavy (non-hydrogen) atoms. The van der Waals surface area contributed by atoms with Crippen LogP contribution in [0, 0.1) is 11.3 Å². The summed E-state index contributed by atoms with van der Waals surface area (Å²) in [6.07, 6.45) is 3.36. The van der Waals surface area contributed by atoms with Crippen molar-refractivity contribution in [3.63, 3.8) is 0 Å². The van der Waals surface area contributed by atoms with Gasteiger partial charge in [-0.15, -0.1) is 11.6 Å². The van der Waals surface area contributed by atoms with Crippen LogP contribution in [0.1, 0.15) is 23.7 Å². The molecule has 0 fully saturated rings. The van der Waals surface area contributed by atoms with Crippen LogP contribution >= 0.6 is 23.2 Å². The third kappa shape index (κ3) is 2.35. The molecule has 0 aliphatic heterocycles. The Hall–Kier alpha value is -2.09. The highest BCUT2D eigenvalue weighted by Crippen LogP contribution is 2.31. The highest BCUT2D eigenvalue weighted by Gasteiger charge is 2.18. The number of hydrogen-bond donors (Lipinski definition) is 0. The van der Waals surface area contributed by atoms with Gasteiger partial charge in [-0.05, 0) is 31.2 Å². The Bertz CT molecular complexity index is 862. The molecule has 0 bridgehead atoms. The van der Waals surface area contributed by atoms with Crippen molar-refractivity contribution < 1.29 is 0 Å². The maximum Gasteiger partial charge on any atom is 0.132 e. The molecule has 6 heteroatoms. The first-order chi connectivity index (χ1) is 10.1. The molecule has 0 aliphatic rings. The molecular weight excluding hydrogens is 307 g/mol. The van der Waals surface area contributed by atoms with E-state index in [0.717, 1.165) is 11.0 Å². The number of nitriles is 1. The molecule has 104 valence electrons. The fourth-order valence-electron chi connectivity index (χ4n) is 2.22. The van der Waals surface area contributed by atoms with Gasteiger partial charge in [-0.2, -0.15) is 5.26 Å². The van der Waals surface area contributed by atoms with Crippen molar-refractivity contribution in [3.8, 4) is 11.8 Å². The van der Waals surface area contributed by atoms with Gasteiger partial charge in [0.1, 0.15) is 11.3 Å². The lowest BCUT2D eigenvalue weighted by Crippen LogP contribution is -2.03. The van der Waals surface area contributed by atoms with E-state index in [1.807, 2.05) is 17.6 Å². The van der Waals surface area contributed by atoms with Crippen LogP contribution < -0.4 is 0 Å². The van der Waals surface area contributed by atoms with Gasteiger partial charge in [-0.3, -0.25) is 9.55 Å². The lowest BCUT2D eigenvalue weighted by molar-refractivity contribution is 0.882.